The highest BCUT2D eigenvalue weighted by Gasteiger charge is 2.22. The molecule has 1 aliphatic heterocycles. The monoisotopic (exact) mass is 351 g/mol. The molecule has 0 spiro atoms. The van der Waals surface area contributed by atoms with E-state index in [0.717, 1.165) is 51.6 Å². The van der Waals surface area contributed by atoms with E-state index >= 15 is 0 Å². The Morgan fingerprint density at radius 2 is 2.21 bits per heavy atom. The van der Waals surface area contributed by atoms with Crippen molar-refractivity contribution >= 4 is 17.3 Å². The van der Waals surface area contributed by atoms with E-state index in [1.807, 2.05) is 11.3 Å². The van der Waals surface area contributed by atoms with Crippen LogP contribution in [-0.2, 0) is 6.42 Å². The standard InChI is InChI=1S/C18H33N5S/c1-5-19-18(20-12-15(2)11-17-7-6-10-24-17)21-13-16-14-22(3)8-9-23(16)4/h6-7,10,15-16H,5,8-9,11-14H2,1-4H3,(H2,19,20,21). The zero-order chi connectivity index (χ0) is 17.4. The van der Waals surface area contributed by atoms with Crippen molar-refractivity contribution in [3.8, 4) is 0 Å². The van der Waals surface area contributed by atoms with Gasteiger partial charge in [-0.05, 0) is 44.8 Å². The molecule has 0 bridgehead atoms. The van der Waals surface area contributed by atoms with Gasteiger partial charge in [-0.15, -0.1) is 11.3 Å². The van der Waals surface area contributed by atoms with Crippen LogP contribution in [0.2, 0.25) is 0 Å². The van der Waals surface area contributed by atoms with Crippen molar-refractivity contribution in [1.82, 2.24) is 20.4 Å². The number of rotatable bonds is 7. The van der Waals surface area contributed by atoms with Gasteiger partial charge in [-0.1, -0.05) is 13.0 Å². The first-order chi connectivity index (χ1) is 11.6. The first kappa shape index (κ1) is 19.2. The SMILES string of the molecule is CCNC(=NCC(C)Cc1cccs1)NCC1CN(C)CCN1C. The lowest BCUT2D eigenvalue weighted by atomic mass is 10.1. The van der Waals surface area contributed by atoms with E-state index in [4.69, 9.17) is 4.99 Å². The maximum absolute atomic E-state index is 4.79. The Morgan fingerprint density at radius 1 is 1.38 bits per heavy atom. The van der Waals surface area contributed by atoms with Crippen LogP contribution in [-0.4, -0.2) is 75.2 Å². The smallest absolute Gasteiger partial charge is 0.191 e. The number of piperazine rings is 1. The summed E-state index contributed by atoms with van der Waals surface area (Å²) in [6.45, 7) is 10.5. The number of aliphatic imine (C=N–C) groups is 1. The highest BCUT2D eigenvalue weighted by Crippen LogP contribution is 2.14. The molecule has 0 amide bonds. The topological polar surface area (TPSA) is 42.9 Å². The number of likely N-dealkylation sites (N-methyl/N-ethyl adjacent to an activating group) is 2. The van der Waals surface area contributed by atoms with Crippen molar-refractivity contribution in [3.05, 3.63) is 22.4 Å². The number of hydrogen-bond acceptors (Lipinski definition) is 4. The molecule has 24 heavy (non-hydrogen) atoms. The largest absolute Gasteiger partial charge is 0.357 e. The predicted molar refractivity (Wildman–Crippen MR) is 105 cm³/mol. The normalized spacial score (nSPS) is 21.7. The molecule has 0 aliphatic carbocycles. The Bertz CT molecular complexity index is 488. The fourth-order valence-corrected chi connectivity index (χ4v) is 3.83. The van der Waals surface area contributed by atoms with Gasteiger partial charge in [0.1, 0.15) is 0 Å². The van der Waals surface area contributed by atoms with Crippen LogP contribution < -0.4 is 10.6 Å². The van der Waals surface area contributed by atoms with Gasteiger partial charge in [0.25, 0.3) is 0 Å². The minimum absolute atomic E-state index is 0.538. The second-order valence-corrected chi connectivity index (χ2v) is 7.92. The lowest BCUT2D eigenvalue weighted by Gasteiger charge is -2.37. The fourth-order valence-electron chi connectivity index (χ4n) is 2.96. The molecule has 2 atom stereocenters. The van der Waals surface area contributed by atoms with Crippen molar-refractivity contribution in [2.24, 2.45) is 10.9 Å². The van der Waals surface area contributed by atoms with E-state index in [-0.39, 0.29) is 0 Å². The number of thiophene rings is 1. The second-order valence-electron chi connectivity index (χ2n) is 6.89. The van der Waals surface area contributed by atoms with Gasteiger partial charge in [-0.3, -0.25) is 9.89 Å². The number of nitrogens with one attached hydrogen (secondary N) is 2. The Kier molecular flexibility index (Phi) is 8.02. The van der Waals surface area contributed by atoms with Gasteiger partial charge in [0.2, 0.25) is 0 Å². The zero-order valence-electron chi connectivity index (χ0n) is 15.6. The van der Waals surface area contributed by atoms with E-state index in [1.165, 1.54) is 4.88 Å². The Hall–Kier alpha value is -1.11. The third kappa shape index (κ3) is 6.42. The van der Waals surface area contributed by atoms with Crippen molar-refractivity contribution in [1.29, 1.82) is 0 Å². The van der Waals surface area contributed by atoms with E-state index < -0.39 is 0 Å². The van der Waals surface area contributed by atoms with Crippen LogP contribution in [0.4, 0.5) is 0 Å². The lowest BCUT2D eigenvalue weighted by molar-refractivity contribution is 0.116. The molecule has 6 heteroatoms. The molecule has 0 aromatic carbocycles. The number of nitrogens with zero attached hydrogens (tertiary/aromatic N) is 3. The van der Waals surface area contributed by atoms with Crippen molar-refractivity contribution in [2.75, 3.05) is 53.4 Å². The molecule has 2 heterocycles. The highest BCUT2D eigenvalue weighted by atomic mass is 32.1. The summed E-state index contributed by atoms with van der Waals surface area (Å²) in [5, 5.41) is 9.05. The average Bonchev–Trinajstić information content (AvgIpc) is 3.06. The van der Waals surface area contributed by atoms with E-state index in [0.29, 0.717) is 12.0 Å². The third-order valence-electron chi connectivity index (χ3n) is 4.52. The van der Waals surface area contributed by atoms with E-state index in [9.17, 15) is 0 Å². The van der Waals surface area contributed by atoms with Crippen molar-refractivity contribution < 1.29 is 0 Å². The molecule has 1 aliphatic rings. The third-order valence-corrected chi connectivity index (χ3v) is 5.42. The molecule has 1 aromatic heterocycles. The molecule has 136 valence electrons. The average molecular weight is 352 g/mol. The Balaban J connectivity index is 1.81. The summed E-state index contributed by atoms with van der Waals surface area (Å²) in [7, 11) is 4.41. The summed E-state index contributed by atoms with van der Waals surface area (Å²) in [5.41, 5.74) is 0. The van der Waals surface area contributed by atoms with Gasteiger partial charge < -0.3 is 15.5 Å². The van der Waals surface area contributed by atoms with Gasteiger partial charge >= 0.3 is 0 Å². The Morgan fingerprint density at radius 3 is 2.92 bits per heavy atom. The molecule has 1 fully saturated rings. The van der Waals surface area contributed by atoms with Crippen LogP contribution in [0.15, 0.2) is 22.5 Å². The zero-order valence-corrected chi connectivity index (χ0v) is 16.4. The maximum atomic E-state index is 4.79. The van der Waals surface area contributed by atoms with Crippen molar-refractivity contribution in [3.63, 3.8) is 0 Å². The summed E-state index contributed by atoms with van der Waals surface area (Å²) in [6, 6.07) is 4.87. The summed E-state index contributed by atoms with van der Waals surface area (Å²) >= 11 is 1.84. The van der Waals surface area contributed by atoms with E-state index in [1.54, 1.807) is 0 Å². The summed E-state index contributed by atoms with van der Waals surface area (Å²) in [6.07, 6.45) is 1.11. The summed E-state index contributed by atoms with van der Waals surface area (Å²) in [5.74, 6) is 1.50. The summed E-state index contributed by atoms with van der Waals surface area (Å²) in [4.78, 5) is 11.1. The second kappa shape index (κ2) is 10.0. The molecule has 5 nitrogen and oxygen atoms in total. The van der Waals surface area contributed by atoms with Crippen LogP contribution in [0.5, 0.6) is 0 Å². The van der Waals surface area contributed by atoms with E-state index in [2.05, 4.69) is 65.9 Å². The van der Waals surface area contributed by atoms with Crippen LogP contribution in [0, 0.1) is 5.92 Å². The molecule has 2 rings (SSSR count). The first-order valence-electron chi connectivity index (χ1n) is 9.01. The lowest BCUT2D eigenvalue weighted by Crippen LogP contribution is -2.55. The quantitative estimate of drug-likeness (QED) is 0.580. The van der Waals surface area contributed by atoms with Gasteiger partial charge in [0.15, 0.2) is 5.96 Å². The van der Waals surface area contributed by atoms with Crippen LogP contribution in [0.3, 0.4) is 0 Å². The number of guanidine groups is 1. The fraction of sp³-hybridized carbons (Fsp3) is 0.722. The van der Waals surface area contributed by atoms with Gasteiger partial charge in [0, 0.05) is 50.2 Å². The molecule has 1 saturated heterocycles. The van der Waals surface area contributed by atoms with Gasteiger partial charge in [0.05, 0.1) is 0 Å². The maximum Gasteiger partial charge on any atom is 0.191 e. The molecule has 2 unspecified atom stereocenters. The number of hydrogen-bond donors (Lipinski definition) is 2. The van der Waals surface area contributed by atoms with Crippen molar-refractivity contribution in [2.45, 2.75) is 26.3 Å². The minimum Gasteiger partial charge on any atom is -0.357 e. The molecule has 0 radical (unpaired) electrons. The van der Waals surface area contributed by atoms with Crippen LogP contribution in [0.25, 0.3) is 0 Å². The predicted octanol–water partition coefficient (Wildman–Crippen LogP) is 1.73. The molecular formula is C18H33N5S. The molecular weight excluding hydrogens is 318 g/mol. The van der Waals surface area contributed by atoms with Gasteiger partial charge in [-0.25, -0.2) is 0 Å². The Labute approximate surface area is 151 Å². The molecule has 0 saturated carbocycles. The van der Waals surface area contributed by atoms with Crippen LogP contribution >= 0.6 is 11.3 Å². The summed E-state index contributed by atoms with van der Waals surface area (Å²) < 4.78 is 0. The molecule has 1 aromatic rings. The first-order valence-corrected chi connectivity index (χ1v) is 9.89. The molecule has 2 N–H and O–H groups in total. The minimum atomic E-state index is 0.538. The van der Waals surface area contributed by atoms with Gasteiger partial charge in [-0.2, -0.15) is 0 Å². The van der Waals surface area contributed by atoms with Crippen LogP contribution in [0.1, 0.15) is 18.7 Å². The highest BCUT2D eigenvalue weighted by molar-refractivity contribution is 7.09.